The number of benzene rings is 2. The predicted octanol–water partition coefficient (Wildman–Crippen LogP) is 3.72. The molecule has 0 saturated carbocycles. The van der Waals surface area contributed by atoms with Gasteiger partial charge < -0.3 is 4.74 Å². The van der Waals surface area contributed by atoms with Crippen LogP contribution < -0.4 is 4.74 Å². The molecule has 0 aromatic heterocycles. The lowest BCUT2D eigenvalue weighted by Gasteiger charge is -2.08. The number of rotatable bonds is 2. The standard InChI is InChI=1S/C14H8F3O2/c15-14(16,17)11-6-4-5-10(9-11)13(18)19-12-7-2-1-3-8-12/h2-9H. The highest BCUT2D eigenvalue weighted by Gasteiger charge is 2.31. The normalized spacial score (nSPS) is 11.1. The molecule has 0 aliphatic carbocycles. The van der Waals surface area contributed by atoms with E-state index in [0.29, 0.717) is 0 Å². The predicted molar refractivity (Wildman–Crippen MR) is 61.7 cm³/mol. The Hall–Kier alpha value is -2.30. The van der Waals surface area contributed by atoms with Gasteiger partial charge in [0.1, 0.15) is 5.75 Å². The maximum atomic E-state index is 12.5. The summed E-state index contributed by atoms with van der Waals surface area (Å²) in [6.45, 7) is 0. The molecular weight excluding hydrogens is 257 g/mol. The van der Waals surface area contributed by atoms with Crippen LogP contribution in [0.1, 0.15) is 15.9 Å². The fourth-order valence-electron chi connectivity index (χ4n) is 1.43. The molecule has 0 bridgehead atoms. The van der Waals surface area contributed by atoms with E-state index in [1.807, 2.05) is 0 Å². The molecule has 0 aliphatic rings. The minimum Gasteiger partial charge on any atom is -0.423 e. The van der Waals surface area contributed by atoms with Crippen molar-refractivity contribution in [2.45, 2.75) is 6.18 Å². The van der Waals surface area contributed by atoms with Crippen LogP contribution in [0.5, 0.6) is 5.75 Å². The molecule has 0 spiro atoms. The lowest BCUT2D eigenvalue weighted by Crippen LogP contribution is -2.11. The van der Waals surface area contributed by atoms with Crippen molar-refractivity contribution in [2.24, 2.45) is 0 Å². The van der Waals surface area contributed by atoms with Crippen LogP contribution in [-0.4, -0.2) is 5.97 Å². The summed E-state index contributed by atoms with van der Waals surface area (Å²) in [5.41, 5.74) is -1.04. The number of alkyl halides is 3. The molecule has 19 heavy (non-hydrogen) atoms. The van der Waals surface area contributed by atoms with Crippen molar-refractivity contribution >= 4 is 5.97 Å². The van der Waals surface area contributed by atoms with Crippen LogP contribution in [0.3, 0.4) is 0 Å². The number of ether oxygens (including phenoxy) is 1. The van der Waals surface area contributed by atoms with Gasteiger partial charge in [-0.15, -0.1) is 0 Å². The summed E-state index contributed by atoms with van der Waals surface area (Å²) in [5.74, 6) is -0.585. The van der Waals surface area contributed by atoms with Gasteiger partial charge in [0.05, 0.1) is 11.1 Å². The molecule has 0 N–H and O–H groups in total. The van der Waals surface area contributed by atoms with Crippen molar-refractivity contribution in [1.29, 1.82) is 0 Å². The Labute approximate surface area is 107 Å². The number of carbonyl (C=O) groups excluding carboxylic acids is 1. The van der Waals surface area contributed by atoms with Gasteiger partial charge in [-0.3, -0.25) is 0 Å². The Morgan fingerprint density at radius 2 is 1.79 bits per heavy atom. The lowest BCUT2D eigenvalue weighted by molar-refractivity contribution is -0.137. The van der Waals surface area contributed by atoms with Crippen molar-refractivity contribution in [1.82, 2.24) is 0 Å². The van der Waals surface area contributed by atoms with Crippen molar-refractivity contribution in [3.8, 4) is 5.75 Å². The second-order valence-corrected chi connectivity index (χ2v) is 3.70. The Morgan fingerprint density at radius 1 is 1.11 bits per heavy atom. The maximum Gasteiger partial charge on any atom is 0.416 e. The van der Waals surface area contributed by atoms with E-state index in [2.05, 4.69) is 6.07 Å². The van der Waals surface area contributed by atoms with Crippen molar-refractivity contribution in [3.63, 3.8) is 0 Å². The number of halogens is 3. The molecule has 2 nitrogen and oxygen atoms in total. The van der Waals surface area contributed by atoms with E-state index in [4.69, 9.17) is 4.74 Å². The molecule has 2 aromatic rings. The van der Waals surface area contributed by atoms with Crippen LogP contribution >= 0.6 is 0 Å². The van der Waals surface area contributed by atoms with Gasteiger partial charge in [-0.2, -0.15) is 13.2 Å². The second kappa shape index (κ2) is 5.14. The summed E-state index contributed by atoms with van der Waals surface area (Å²) in [7, 11) is 0. The van der Waals surface area contributed by atoms with Crippen LogP contribution in [0, 0.1) is 6.07 Å². The Balaban J connectivity index is 2.20. The number of hydrogen-bond acceptors (Lipinski definition) is 2. The summed E-state index contributed by atoms with van der Waals surface area (Å²) < 4.78 is 42.4. The zero-order valence-electron chi connectivity index (χ0n) is 9.57. The molecule has 2 rings (SSSR count). The monoisotopic (exact) mass is 265 g/mol. The van der Waals surface area contributed by atoms with Gasteiger partial charge in [-0.1, -0.05) is 18.2 Å². The van der Waals surface area contributed by atoms with E-state index < -0.39 is 17.7 Å². The third kappa shape index (κ3) is 3.34. The maximum absolute atomic E-state index is 12.5. The zero-order chi connectivity index (χ0) is 13.9. The largest absolute Gasteiger partial charge is 0.423 e. The molecule has 0 aliphatic heterocycles. The Kier molecular flexibility index (Phi) is 3.55. The highest BCUT2D eigenvalue weighted by Crippen LogP contribution is 2.29. The van der Waals surface area contributed by atoms with E-state index >= 15 is 0 Å². The fraction of sp³-hybridized carbons (Fsp3) is 0.0714. The van der Waals surface area contributed by atoms with Crippen LogP contribution in [0.2, 0.25) is 0 Å². The summed E-state index contributed by atoms with van der Waals surface area (Å²) in [4.78, 5) is 11.7. The minimum absolute atomic E-state index is 0.150. The van der Waals surface area contributed by atoms with Crippen LogP contribution in [0.4, 0.5) is 13.2 Å². The van der Waals surface area contributed by atoms with Crippen molar-refractivity contribution in [2.75, 3.05) is 0 Å². The van der Waals surface area contributed by atoms with Gasteiger partial charge in [0, 0.05) is 0 Å². The molecule has 0 amide bonds. The molecule has 2 aromatic carbocycles. The first-order valence-corrected chi connectivity index (χ1v) is 5.32. The van der Waals surface area contributed by atoms with E-state index in [0.717, 1.165) is 18.2 Å². The van der Waals surface area contributed by atoms with Crippen molar-refractivity contribution < 1.29 is 22.7 Å². The van der Waals surface area contributed by atoms with Gasteiger partial charge in [0.2, 0.25) is 0 Å². The highest BCUT2D eigenvalue weighted by molar-refractivity contribution is 5.91. The van der Waals surface area contributed by atoms with Gasteiger partial charge >= 0.3 is 12.1 Å². The van der Waals surface area contributed by atoms with Crippen LogP contribution in [0.25, 0.3) is 0 Å². The minimum atomic E-state index is -4.49. The van der Waals surface area contributed by atoms with Crippen LogP contribution in [0.15, 0.2) is 48.5 Å². The van der Waals surface area contributed by atoms with E-state index in [1.165, 1.54) is 30.3 Å². The van der Waals surface area contributed by atoms with Gasteiger partial charge in [0.25, 0.3) is 0 Å². The van der Waals surface area contributed by atoms with Gasteiger partial charge in [-0.25, -0.2) is 4.79 Å². The first-order valence-electron chi connectivity index (χ1n) is 5.32. The SMILES string of the molecule is O=C(Oc1cc[c]cc1)c1cccc(C(F)(F)F)c1. The zero-order valence-corrected chi connectivity index (χ0v) is 9.57. The summed E-state index contributed by atoms with van der Waals surface area (Å²) >= 11 is 0. The Morgan fingerprint density at radius 3 is 2.42 bits per heavy atom. The number of esters is 1. The average molecular weight is 265 g/mol. The van der Waals surface area contributed by atoms with Crippen molar-refractivity contribution in [3.05, 3.63) is 65.7 Å². The molecule has 97 valence electrons. The summed E-state index contributed by atoms with van der Waals surface area (Å²) in [5, 5.41) is 0. The molecular formula is C14H8F3O2. The molecule has 0 saturated heterocycles. The van der Waals surface area contributed by atoms with E-state index in [-0.39, 0.29) is 11.3 Å². The smallest absolute Gasteiger partial charge is 0.416 e. The lowest BCUT2D eigenvalue weighted by atomic mass is 10.1. The Bertz CT molecular complexity index is 577. The first-order chi connectivity index (χ1) is 8.97. The first kappa shape index (κ1) is 13.1. The fourth-order valence-corrected chi connectivity index (χ4v) is 1.43. The number of hydrogen-bond donors (Lipinski definition) is 0. The summed E-state index contributed by atoms with van der Waals surface area (Å²) in [6, 6.07) is 12.9. The van der Waals surface area contributed by atoms with E-state index in [1.54, 1.807) is 0 Å². The molecule has 1 radical (unpaired) electrons. The summed E-state index contributed by atoms with van der Waals surface area (Å²) in [6.07, 6.45) is -4.49. The molecule has 0 fully saturated rings. The second-order valence-electron chi connectivity index (χ2n) is 3.70. The molecule has 5 heteroatoms. The van der Waals surface area contributed by atoms with Crippen LogP contribution in [-0.2, 0) is 6.18 Å². The topological polar surface area (TPSA) is 26.3 Å². The highest BCUT2D eigenvalue weighted by atomic mass is 19.4. The van der Waals surface area contributed by atoms with E-state index in [9.17, 15) is 18.0 Å². The number of carbonyl (C=O) groups is 1. The average Bonchev–Trinajstić information content (AvgIpc) is 2.39. The molecule has 0 unspecified atom stereocenters. The molecule has 0 atom stereocenters. The quantitative estimate of drug-likeness (QED) is 0.611. The van der Waals surface area contributed by atoms with Gasteiger partial charge in [0.15, 0.2) is 0 Å². The van der Waals surface area contributed by atoms with Gasteiger partial charge in [-0.05, 0) is 36.4 Å². The molecule has 0 heterocycles. The third-order valence-corrected chi connectivity index (χ3v) is 2.32. The third-order valence-electron chi connectivity index (χ3n) is 2.32.